The van der Waals surface area contributed by atoms with E-state index in [-0.39, 0.29) is 31.1 Å². The third-order valence-corrected chi connectivity index (χ3v) is 7.85. The highest BCUT2D eigenvalue weighted by Gasteiger charge is 2.53. The number of esters is 4. The van der Waals surface area contributed by atoms with Crippen molar-refractivity contribution in [2.45, 2.75) is 84.8 Å². The molecule has 1 saturated heterocycles. The van der Waals surface area contributed by atoms with Crippen molar-refractivity contribution in [1.29, 1.82) is 0 Å². The molecular formula is C34H43NO17S. The first-order valence-electron chi connectivity index (χ1n) is 16.4. The molecule has 1 aliphatic heterocycles. The Labute approximate surface area is 306 Å². The highest BCUT2D eigenvalue weighted by molar-refractivity contribution is 7.82. The Hall–Kier alpha value is -4.98. The minimum Gasteiger partial charge on any atom is -0.463 e. The number of hydrogen-bond donors (Lipinski definition) is 2. The second-order valence-electron chi connectivity index (χ2n) is 11.4. The van der Waals surface area contributed by atoms with Crippen molar-refractivity contribution >= 4 is 40.2 Å². The molecule has 3 rings (SSSR count). The van der Waals surface area contributed by atoms with Gasteiger partial charge in [0.2, 0.25) is 12.4 Å². The van der Waals surface area contributed by atoms with Crippen LogP contribution in [0.15, 0.2) is 42.5 Å². The molecule has 1 amide bonds. The van der Waals surface area contributed by atoms with Gasteiger partial charge in [0.25, 0.3) is 5.91 Å². The first kappa shape index (κ1) is 42.4. The molecular weight excluding hydrogens is 726 g/mol. The lowest BCUT2D eigenvalue weighted by Crippen LogP contribution is -2.63. The topological polar surface area (TPSA) is 235 Å². The molecule has 0 aliphatic carbocycles. The van der Waals surface area contributed by atoms with Crippen LogP contribution in [-0.2, 0) is 64.6 Å². The average Bonchev–Trinajstić information content (AvgIpc) is 3.08. The van der Waals surface area contributed by atoms with Crippen LogP contribution < -0.4 is 18.4 Å². The Balaban J connectivity index is 2.04. The van der Waals surface area contributed by atoms with Crippen molar-refractivity contribution in [2.24, 2.45) is 0 Å². The summed E-state index contributed by atoms with van der Waals surface area (Å²) in [5.41, 5.74) is 0.399. The van der Waals surface area contributed by atoms with Crippen molar-refractivity contribution in [1.82, 2.24) is 5.32 Å². The predicted octanol–water partition coefficient (Wildman–Crippen LogP) is 1.89. The van der Waals surface area contributed by atoms with Crippen LogP contribution in [-0.4, -0.2) is 100 Å². The fourth-order valence-electron chi connectivity index (χ4n) is 4.80. The van der Waals surface area contributed by atoms with E-state index in [0.29, 0.717) is 12.2 Å². The van der Waals surface area contributed by atoms with E-state index >= 15 is 0 Å². The molecule has 1 aliphatic rings. The van der Waals surface area contributed by atoms with Crippen LogP contribution in [0.5, 0.6) is 17.2 Å². The summed E-state index contributed by atoms with van der Waals surface area (Å²) in [5, 5.41) is 11.9. The summed E-state index contributed by atoms with van der Waals surface area (Å²) in [7, 11) is -4.96. The molecule has 0 radical (unpaired) electrons. The molecule has 0 aromatic heterocycles. The molecule has 53 heavy (non-hydrogen) atoms. The Morgan fingerprint density at radius 3 is 2.04 bits per heavy atom. The number of carbonyl (C=O) groups is 5. The average molecular weight is 770 g/mol. The van der Waals surface area contributed by atoms with Crippen LogP contribution in [0.4, 0.5) is 0 Å². The number of carbonyl (C=O) groups excluding carboxylic acids is 5. The molecule has 0 bridgehead atoms. The number of ether oxygens (including phenoxy) is 7. The fourth-order valence-corrected chi connectivity index (χ4v) is 5.53. The number of unbranched alkanes of at least 4 members (excludes halogenated alkanes) is 1. The van der Waals surface area contributed by atoms with E-state index in [1.54, 1.807) is 0 Å². The van der Waals surface area contributed by atoms with Gasteiger partial charge in [-0.25, -0.2) is 0 Å². The van der Waals surface area contributed by atoms with Gasteiger partial charge < -0.3 is 51.9 Å². The van der Waals surface area contributed by atoms with Gasteiger partial charge in [-0.2, -0.15) is 0 Å². The quantitative estimate of drug-likeness (QED) is 0.118. The summed E-state index contributed by atoms with van der Waals surface area (Å²) in [5.74, 6) is -5.21. The van der Waals surface area contributed by atoms with Crippen LogP contribution in [0.1, 0.15) is 63.4 Å². The van der Waals surface area contributed by atoms with E-state index in [1.807, 2.05) is 6.92 Å². The van der Waals surface area contributed by atoms with Crippen LogP contribution in [0.25, 0.3) is 0 Å². The summed E-state index contributed by atoms with van der Waals surface area (Å²) in [6.07, 6.45) is -6.13. The molecule has 2 N–H and O–H groups in total. The molecule has 292 valence electrons. The third-order valence-electron chi connectivity index (χ3n) is 7.07. The largest absolute Gasteiger partial charge is 0.501 e. The predicted molar refractivity (Wildman–Crippen MR) is 180 cm³/mol. The van der Waals surface area contributed by atoms with Gasteiger partial charge in [-0.3, -0.25) is 24.0 Å². The zero-order valence-electron chi connectivity index (χ0n) is 29.8. The van der Waals surface area contributed by atoms with Gasteiger partial charge in [-0.1, -0.05) is 25.5 Å². The summed E-state index contributed by atoms with van der Waals surface area (Å²) >= 11 is 0. The molecule has 5 atom stereocenters. The van der Waals surface area contributed by atoms with Gasteiger partial charge in [-0.05, 0) is 42.3 Å². The molecule has 19 heteroatoms. The van der Waals surface area contributed by atoms with E-state index in [1.165, 1.54) is 30.3 Å². The Morgan fingerprint density at radius 1 is 0.792 bits per heavy atom. The van der Waals surface area contributed by atoms with Crippen molar-refractivity contribution < 1.29 is 79.0 Å². The van der Waals surface area contributed by atoms with Crippen LogP contribution in [0.3, 0.4) is 0 Å². The Morgan fingerprint density at radius 2 is 1.43 bits per heavy atom. The first-order chi connectivity index (χ1) is 25.1. The molecule has 2 aromatic rings. The zero-order chi connectivity index (χ0) is 39.1. The summed E-state index contributed by atoms with van der Waals surface area (Å²) in [6, 6.07) is 8.83. The molecule has 1 heterocycles. The highest BCUT2D eigenvalue weighted by atomic mass is 32.3. The van der Waals surface area contributed by atoms with E-state index < -0.39 is 89.0 Å². The van der Waals surface area contributed by atoms with E-state index in [2.05, 4.69) is 5.32 Å². The molecule has 18 nitrogen and oxygen atoms in total. The van der Waals surface area contributed by atoms with Crippen molar-refractivity contribution in [3.63, 3.8) is 0 Å². The van der Waals surface area contributed by atoms with E-state index in [0.717, 1.165) is 52.7 Å². The third kappa shape index (κ3) is 13.8. The lowest BCUT2D eigenvalue weighted by molar-refractivity contribution is -0.288. The van der Waals surface area contributed by atoms with Crippen molar-refractivity contribution in [3.8, 4) is 17.2 Å². The molecule has 1 fully saturated rings. The summed E-state index contributed by atoms with van der Waals surface area (Å²) in [4.78, 5) is 61.3. The van der Waals surface area contributed by atoms with Crippen LogP contribution in [0.2, 0.25) is 0 Å². The highest BCUT2D eigenvalue weighted by Crippen LogP contribution is 2.36. The smallest absolute Gasteiger partial charge is 0.463 e. The summed E-state index contributed by atoms with van der Waals surface area (Å²) in [6.45, 7) is 6.24. The number of nitrogens with one attached hydrogen (secondary N) is 1. The van der Waals surface area contributed by atoms with Crippen molar-refractivity contribution in [2.75, 3.05) is 26.4 Å². The maximum atomic E-state index is 13.2. The zero-order valence-corrected chi connectivity index (χ0v) is 30.6. The molecule has 0 saturated carbocycles. The normalized spacial score (nSPS) is 19.6. The monoisotopic (exact) mass is 769 g/mol. The number of aliphatic hydroxyl groups excluding tert-OH is 1. The van der Waals surface area contributed by atoms with Gasteiger partial charge in [-0.15, -0.1) is 8.42 Å². The second kappa shape index (κ2) is 20.3. The maximum Gasteiger partial charge on any atom is 0.501 e. The number of aliphatic hydroxyl groups is 1. The number of hydrogen-bond acceptors (Lipinski definition) is 17. The number of benzene rings is 2. The van der Waals surface area contributed by atoms with Gasteiger partial charge >= 0.3 is 34.3 Å². The van der Waals surface area contributed by atoms with E-state index in [4.69, 9.17) is 41.5 Å². The molecule has 2 aromatic carbocycles. The second-order valence-corrected chi connectivity index (χ2v) is 12.6. The minimum atomic E-state index is -4.96. The maximum absolute atomic E-state index is 13.2. The number of amides is 1. The fraction of sp³-hybridized carbons (Fsp3) is 0.500. The molecule has 0 spiro atoms. The SMILES string of the molecule is CCCCOCCNC(=O)c1ccc(OC2O[C@H](COC(C)=O)[C@H](OC(C)=O)[C@H](OC(C)=O)[C@@H]2OC(C)=O)c(OS(=O)(=O)Oc2ccc(CO)cc2)c1. The van der Waals surface area contributed by atoms with Gasteiger partial charge in [0.15, 0.2) is 23.7 Å². The minimum absolute atomic E-state index is 0.0787. The van der Waals surface area contributed by atoms with E-state index in [9.17, 15) is 37.5 Å². The van der Waals surface area contributed by atoms with Crippen LogP contribution >= 0.6 is 0 Å². The van der Waals surface area contributed by atoms with Gasteiger partial charge in [0, 0.05) is 46.4 Å². The lowest BCUT2D eigenvalue weighted by atomic mass is 9.98. The van der Waals surface area contributed by atoms with Gasteiger partial charge in [0.1, 0.15) is 18.5 Å². The van der Waals surface area contributed by atoms with Crippen LogP contribution in [0, 0.1) is 0 Å². The number of rotatable bonds is 19. The lowest BCUT2D eigenvalue weighted by Gasteiger charge is -2.43. The standard InChI is InChI=1S/C34H43NO17S/c1-6-7-15-44-16-14-35-33(41)25-10-13-27(28(17-25)52-53(42,43)51-26-11-8-24(18-36)9-12-26)49-34-32(48-23(5)40)31(47-22(4)39)30(46-21(3)38)29(50-34)19-45-20(2)37/h8-13,17,29-32,34,36H,6-7,14-16,18-19H2,1-5H3,(H,35,41)/t29-,30+,31+,32+,34?/m1/s1. The summed E-state index contributed by atoms with van der Waals surface area (Å²) < 4.78 is 75.3. The van der Waals surface area contributed by atoms with Gasteiger partial charge in [0.05, 0.1) is 13.2 Å². The Kier molecular flexibility index (Phi) is 16.3. The Bertz CT molecular complexity index is 1680. The van der Waals surface area contributed by atoms with Crippen molar-refractivity contribution in [3.05, 3.63) is 53.6 Å². The first-order valence-corrected chi connectivity index (χ1v) is 17.8. The molecule has 1 unspecified atom stereocenters.